The van der Waals surface area contributed by atoms with Gasteiger partial charge in [-0.1, -0.05) is 26.1 Å². The fourth-order valence-electron chi connectivity index (χ4n) is 2.12. The van der Waals surface area contributed by atoms with E-state index in [0.717, 1.165) is 13.1 Å². The minimum absolute atomic E-state index is 0.173. The summed E-state index contributed by atoms with van der Waals surface area (Å²) in [6.07, 6.45) is 0.665. The number of hydrogen-bond acceptors (Lipinski definition) is 4. The first-order valence-corrected chi connectivity index (χ1v) is 7.26. The van der Waals surface area contributed by atoms with Crippen molar-refractivity contribution in [3.05, 3.63) is 0 Å². The lowest BCUT2D eigenvalue weighted by Crippen LogP contribution is -2.46. The summed E-state index contributed by atoms with van der Waals surface area (Å²) in [6, 6.07) is 0. The molecule has 0 aromatic rings. The predicted octanol–water partition coefficient (Wildman–Crippen LogP) is 0.479. The van der Waals surface area contributed by atoms with Crippen molar-refractivity contribution in [2.24, 2.45) is 11.7 Å². The van der Waals surface area contributed by atoms with Gasteiger partial charge in [0.1, 0.15) is 0 Å². The second-order valence-corrected chi connectivity index (χ2v) is 5.86. The molecule has 1 fully saturated rings. The number of thiocarbonyl (C=S) groups is 1. The van der Waals surface area contributed by atoms with Crippen molar-refractivity contribution in [2.45, 2.75) is 20.3 Å². The molecule has 5 nitrogen and oxygen atoms in total. The first-order valence-electron chi connectivity index (χ1n) is 6.85. The zero-order valence-corrected chi connectivity index (χ0v) is 12.7. The quantitative estimate of drug-likeness (QED) is 0.690. The van der Waals surface area contributed by atoms with Gasteiger partial charge in [0.2, 0.25) is 5.91 Å². The summed E-state index contributed by atoms with van der Waals surface area (Å²) in [5, 5.41) is 0. The normalized spacial score (nSPS) is 16.1. The minimum Gasteiger partial charge on any atom is -0.393 e. The summed E-state index contributed by atoms with van der Waals surface area (Å²) in [4.78, 5) is 16.7. The number of ether oxygens (including phenoxy) is 1. The second kappa shape index (κ2) is 8.45. The predicted molar refractivity (Wildman–Crippen MR) is 80.1 cm³/mol. The van der Waals surface area contributed by atoms with E-state index in [-0.39, 0.29) is 5.91 Å². The monoisotopic (exact) mass is 287 g/mol. The van der Waals surface area contributed by atoms with Crippen molar-refractivity contribution in [3.8, 4) is 0 Å². The van der Waals surface area contributed by atoms with Crippen LogP contribution in [0.4, 0.5) is 0 Å². The number of nitrogens with zero attached hydrogens (tertiary/aromatic N) is 2. The highest BCUT2D eigenvalue weighted by atomic mass is 32.1. The van der Waals surface area contributed by atoms with Crippen molar-refractivity contribution in [1.29, 1.82) is 0 Å². The third-order valence-corrected chi connectivity index (χ3v) is 3.22. The molecule has 1 amide bonds. The van der Waals surface area contributed by atoms with E-state index < -0.39 is 0 Å². The second-order valence-electron chi connectivity index (χ2n) is 5.34. The summed E-state index contributed by atoms with van der Waals surface area (Å²) < 4.78 is 5.26. The maximum Gasteiger partial charge on any atom is 0.236 e. The number of amides is 1. The number of rotatable bonds is 7. The lowest BCUT2D eigenvalue weighted by atomic mass is 10.2. The highest BCUT2D eigenvalue weighted by molar-refractivity contribution is 7.80. The van der Waals surface area contributed by atoms with Crippen LogP contribution in [-0.4, -0.2) is 66.6 Å². The van der Waals surface area contributed by atoms with E-state index in [1.807, 2.05) is 4.90 Å². The number of carbonyl (C=O) groups is 1. The molecule has 0 aliphatic carbocycles. The Balaban J connectivity index is 2.44. The standard InChI is InChI=1S/C13H25N3O2S/c1-11(2)9-15(4-3-12(14)19)10-13(17)16-5-7-18-8-6-16/h11H,3-10H2,1-2H3,(H2,14,19). The van der Waals surface area contributed by atoms with Crippen LogP contribution in [0, 0.1) is 5.92 Å². The van der Waals surface area contributed by atoms with Gasteiger partial charge >= 0.3 is 0 Å². The highest BCUT2D eigenvalue weighted by Crippen LogP contribution is 2.04. The molecule has 0 aromatic carbocycles. The molecule has 2 N–H and O–H groups in total. The molecule has 6 heteroatoms. The van der Waals surface area contributed by atoms with E-state index in [9.17, 15) is 4.79 Å². The number of morpholine rings is 1. The topological polar surface area (TPSA) is 58.8 Å². The maximum absolute atomic E-state index is 12.2. The van der Waals surface area contributed by atoms with Gasteiger partial charge in [0.25, 0.3) is 0 Å². The van der Waals surface area contributed by atoms with Crippen LogP contribution >= 0.6 is 12.2 Å². The largest absolute Gasteiger partial charge is 0.393 e. The zero-order valence-electron chi connectivity index (χ0n) is 11.9. The number of carbonyl (C=O) groups excluding carboxylic acids is 1. The van der Waals surface area contributed by atoms with Crippen molar-refractivity contribution >= 4 is 23.1 Å². The lowest BCUT2D eigenvalue weighted by molar-refractivity contribution is -0.136. The Hall–Kier alpha value is -0.720. The first-order chi connectivity index (χ1) is 8.99. The van der Waals surface area contributed by atoms with E-state index >= 15 is 0 Å². The molecule has 1 rings (SSSR count). The van der Waals surface area contributed by atoms with Crippen LogP contribution in [0.15, 0.2) is 0 Å². The molecule has 1 aliphatic rings. The van der Waals surface area contributed by atoms with Crippen molar-refractivity contribution in [1.82, 2.24) is 9.80 Å². The Labute approximate surface area is 121 Å². The molecule has 0 bridgehead atoms. The Morgan fingerprint density at radius 3 is 2.58 bits per heavy atom. The summed E-state index contributed by atoms with van der Waals surface area (Å²) in [6.45, 7) is 9.06. The molecule has 0 unspecified atom stereocenters. The van der Waals surface area contributed by atoms with Gasteiger partial charge in [-0.2, -0.15) is 0 Å². The molecule has 0 atom stereocenters. The van der Waals surface area contributed by atoms with Crippen LogP contribution in [0.2, 0.25) is 0 Å². The van der Waals surface area contributed by atoms with Crippen LogP contribution in [-0.2, 0) is 9.53 Å². The van der Waals surface area contributed by atoms with Gasteiger partial charge in [-0.05, 0) is 5.92 Å². The molecule has 1 heterocycles. The SMILES string of the molecule is CC(C)CN(CCC(N)=S)CC(=O)N1CCOCC1. The van der Waals surface area contributed by atoms with Gasteiger partial charge in [-0.3, -0.25) is 9.69 Å². The van der Waals surface area contributed by atoms with Crippen molar-refractivity contribution in [2.75, 3.05) is 45.9 Å². The smallest absolute Gasteiger partial charge is 0.236 e. The first kappa shape index (κ1) is 16.3. The molecule has 0 spiro atoms. The summed E-state index contributed by atoms with van der Waals surface area (Å²) in [7, 11) is 0. The van der Waals surface area contributed by atoms with Crippen molar-refractivity contribution < 1.29 is 9.53 Å². The molecule has 1 aliphatic heterocycles. The van der Waals surface area contributed by atoms with Crippen LogP contribution in [0.1, 0.15) is 20.3 Å². The van der Waals surface area contributed by atoms with Gasteiger partial charge in [0, 0.05) is 32.6 Å². The molecule has 19 heavy (non-hydrogen) atoms. The van der Waals surface area contributed by atoms with Crippen LogP contribution < -0.4 is 5.73 Å². The fraction of sp³-hybridized carbons (Fsp3) is 0.846. The third kappa shape index (κ3) is 6.84. The number of hydrogen-bond donors (Lipinski definition) is 1. The van der Waals surface area contributed by atoms with Gasteiger partial charge in [0.15, 0.2) is 0 Å². The van der Waals surface area contributed by atoms with Crippen molar-refractivity contribution in [3.63, 3.8) is 0 Å². The Kier molecular flexibility index (Phi) is 7.27. The lowest BCUT2D eigenvalue weighted by Gasteiger charge is -2.30. The molecule has 1 saturated heterocycles. The van der Waals surface area contributed by atoms with E-state index in [2.05, 4.69) is 18.7 Å². The van der Waals surface area contributed by atoms with Crippen LogP contribution in [0.3, 0.4) is 0 Å². The van der Waals surface area contributed by atoms with E-state index in [0.29, 0.717) is 50.2 Å². The Morgan fingerprint density at radius 1 is 1.42 bits per heavy atom. The molecule has 0 radical (unpaired) electrons. The Bertz CT molecular complexity index is 304. The van der Waals surface area contributed by atoms with Gasteiger partial charge in [0.05, 0.1) is 24.7 Å². The van der Waals surface area contributed by atoms with E-state index in [1.165, 1.54) is 0 Å². The van der Waals surface area contributed by atoms with Gasteiger partial charge < -0.3 is 15.4 Å². The molecular weight excluding hydrogens is 262 g/mol. The summed E-state index contributed by atoms with van der Waals surface area (Å²) >= 11 is 4.91. The third-order valence-electron chi connectivity index (χ3n) is 3.02. The summed E-state index contributed by atoms with van der Waals surface area (Å²) in [5.41, 5.74) is 5.54. The van der Waals surface area contributed by atoms with Gasteiger partial charge in [-0.25, -0.2) is 0 Å². The van der Waals surface area contributed by atoms with E-state index in [4.69, 9.17) is 22.7 Å². The van der Waals surface area contributed by atoms with E-state index in [1.54, 1.807) is 0 Å². The maximum atomic E-state index is 12.2. The Morgan fingerprint density at radius 2 is 2.05 bits per heavy atom. The zero-order chi connectivity index (χ0) is 14.3. The summed E-state index contributed by atoms with van der Waals surface area (Å²) in [5.74, 6) is 0.690. The molecule has 0 aromatic heterocycles. The average Bonchev–Trinajstić information content (AvgIpc) is 2.36. The molecule has 110 valence electrons. The highest BCUT2D eigenvalue weighted by Gasteiger charge is 2.20. The number of nitrogens with two attached hydrogens (primary N) is 1. The fourth-order valence-corrected chi connectivity index (χ4v) is 2.21. The minimum atomic E-state index is 0.173. The molecular formula is C13H25N3O2S. The molecule has 0 saturated carbocycles. The van der Waals surface area contributed by atoms with Crippen LogP contribution in [0.25, 0.3) is 0 Å². The van der Waals surface area contributed by atoms with Crippen LogP contribution in [0.5, 0.6) is 0 Å². The van der Waals surface area contributed by atoms with Gasteiger partial charge in [-0.15, -0.1) is 0 Å². The average molecular weight is 287 g/mol.